The van der Waals surface area contributed by atoms with E-state index in [1.807, 2.05) is 0 Å². The molecule has 0 saturated carbocycles. The number of hydrogen-bond donors (Lipinski definition) is 2. The second-order valence-corrected chi connectivity index (χ2v) is 4.15. The first-order valence-corrected chi connectivity index (χ1v) is 4.83. The van der Waals surface area contributed by atoms with Gasteiger partial charge < -0.3 is 24.4 Å². The van der Waals surface area contributed by atoms with Crippen LogP contribution in [0.25, 0.3) is 0 Å². The zero-order valence-corrected chi connectivity index (χ0v) is 8.34. The Morgan fingerprint density at radius 1 is 1.29 bits per heavy atom. The van der Waals surface area contributed by atoms with Crippen LogP contribution in [0.5, 0.6) is 0 Å². The molecule has 0 unspecified atom stereocenters. The van der Waals surface area contributed by atoms with Crippen molar-refractivity contribution in [3.63, 3.8) is 0 Å². The van der Waals surface area contributed by atoms with Gasteiger partial charge in [0.2, 0.25) is 0 Å². The first-order valence-electron chi connectivity index (χ1n) is 4.83. The zero-order chi connectivity index (χ0) is 10.3. The molecule has 0 aromatic heterocycles. The van der Waals surface area contributed by atoms with Crippen LogP contribution in [0.2, 0.25) is 0 Å². The summed E-state index contributed by atoms with van der Waals surface area (Å²) in [6.07, 6.45) is -1.63. The van der Waals surface area contributed by atoms with Gasteiger partial charge in [-0.25, -0.2) is 0 Å². The Morgan fingerprint density at radius 3 is 2.57 bits per heavy atom. The van der Waals surface area contributed by atoms with Crippen LogP contribution < -0.4 is 0 Å². The summed E-state index contributed by atoms with van der Waals surface area (Å²) in [6.45, 7) is 3.55. The van der Waals surface area contributed by atoms with E-state index >= 15 is 0 Å². The van der Waals surface area contributed by atoms with Crippen molar-refractivity contribution in [2.24, 2.45) is 0 Å². The quantitative estimate of drug-likeness (QED) is 0.641. The predicted octanol–water partition coefficient (Wildman–Crippen LogP) is -0.394. The maximum Gasteiger partial charge on any atom is 0.190 e. The lowest BCUT2D eigenvalue weighted by Gasteiger charge is -2.22. The summed E-state index contributed by atoms with van der Waals surface area (Å²) in [4.78, 5) is 0. The molecule has 2 aliphatic heterocycles. The number of rotatable bonds is 2. The fourth-order valence-corrected chi connectivity index (χ4v) is 1.92. The van der Waals surface area contributed by atoms with Crippen molar-refractivity contribution in [2.75, 3.05) is 6.61 Å². The van der Waals surface area contributed by atoms with Crippen LogP contribution in [-0.2, 0) is 14.2 Å². The summed E-state index contributed by atoms with van der Waals surface area (Å²) in [7, 11) is 0. The van der Waals surface area contributed by atoms with E-state index in [9.17, 15) is 5.11 Å². The predicted molar refractivity (Wildman–Crippen MR) is 46.4 cm³/mol. The van der Waals surface area contributed by atoms with Gasteiger partial charge >= 0.3 is 0 Å². The second kappa shape index (κ2) is 3.43. The highest BCUT2D eigenvalue weighted by Gasteiger charge is 2.53. The fraction of sp³-hybridized carbons (Fsp3) is 1.00. The van der Waals surface area contributed by atoms with Crippen LogP contribution in [0.1, 0.15) is 20.3 Å². The van der Waals surface area contributed by atoms with Crippen LogP contribution in [0.15, 0.2) is 0 Å². The Kier molecular flexibility index (Phi) is 2.53. The molecule has 2 heterocycles. The van der Waals surface area contributed by atoms with E-state index in [-0.39, 0.29) is 12.7 Å². The monoisotopic (exact) mass is 204 g/mol. The van der Waals surface area contributed by atoms with Crippen molar-refractivity contribution >= 4 is 0 Å². The van der Waals surface area contributed by atoms with Crippen LogP contribution >= 0.6 is 0 Å². The van der Waals surface area contributed by atoms with E-state index < -0.39 is 24.3 Å². The molecule has 4 atom stereocenters. The van der Waals surface area contributed by atoms with E-state index in [1.165, 1.54) is 0 Å². The van der Waals surface area contributed by atoms with Gasteiger partial charge in [-0.15, -0.1) is 0 Å². The Labute approximate surface area is 82.6 Å². The molecule has 82 valence electrons. The molecule has 5 heteroatoms. The lowest BCUT2D eigenvalue weighted by atomic mass is 10.1. The average molecular weight is 204 g/mol. The highest BCUT2D eigenvalue weighted by molar-refractivity contribution is 4.92. The summed E-state index contributed by atoms with van der Waals surface area (Å²) in [5.74, 6) is -0.694. The SMILES string of the molecule is CC1(C)O[C@H]2O[C@@H](CCO)[C@@H](O)[C@H]2O1. The minimum absolute atomic E-state index is 0.00937. The number of hydrogen-bond acceptors (Lipinski definition) is 5. The lowest BCUT2D eigenvalue weighted by molar-refractivity contribution is -0.216. The highest BCUT2D eigenvalue weighted by Crippen LogP contribution is 2.37. The van der Waals surface area contributed by atoms with E-state index in [2.05, 4.69) is 0 Å². The third-order valence-electron chi connectivity index (χ3n) is 2.53. The van der Waals surface area contributed by atoms with Crippen LogP contribution in [0.3, 0.4) is 0 Å². The van der Waals surface area contributed by atoms with E-state index in [0.717, 1.165) is 0 Å². The van der Waals surface area contributed by atoms with E-state index in [4.69, 9.17) is 19.3 Å². The number of aliphatic hydroxyl groups excluding tert-OH is 2. The maximum absolute atomic E-state index is 9.78. The van der Waals surface area contributed by atoms with Crippen molar-refractivity contribution < 1.29 is 24.4 Å². The van der Waals surface area contributed by atoms with Crippen molar-refractivity contribution in [1.82, 2.24) is 0 Å². The van der Waals surface area contributed by atoms with Crippen molar-refractivity contribution in [1.29, 1.82) is 0 Å². The largest absolute Gasteiger partial charge is 0.396 e. The van der Waals surface area contributed by atoms with Gasteiger partial charge in [0, 0.05) is 6.61 Å². The van der Waals surface area contributed by atoms with Gasteiger partial charge in [-0.2, -0.15) is 0 Å². The van der Waals surface area contributed by atoms with Gasteiger partial charge in [-0.1, -0.05) is 0 Å². The molecule has 0 amide bonds. The molecule has 2 aliphatic rings. The molecule has 0 aromatic rings. The maximum atomic E-state index is 9.78. The van der Waals surface area contributed by atoms with E-state index in [1.54, 1.807) is 13.8 Å². The summed E-state index contributed by atoms with van der Waals surface area (Å²) >= 11 is 0. The Morgan fingerprint density at radius 2 is 2.00 bits per heavy atom. The smallest absolute Gasteiger partial charge is 0.190 e. The topological polar surface area (TPSA) is 68.2 Å². The molecule has 5 nitrogen and oxygen atoms in total. The van der Waals surface area contributed by atoms with Crippen molar-refractivity contribution in [2.45, 2.75) is 50.7 Å². The van der Waals surface area contributed by atoms with E-state index in [0.29, 0.717) is 6.42 Å². The molecule has 2 saturated heterocycles. The molecule has 2 fully saturated rings. The van der Waals surface area contributed by atoms with Gasteiger partial charge in [0.25, 0.3) is 0 Å². The highest BCUT2D eigenvalue weighted by atomic mass is 16.8. The first-order chi connectivity index (χ1) is 6.53. The van der Waals surface area contributed by atoms with Gasteiger partial charge in [-0.3, -0.25) is 0 Å². The molecule has 14 heavy (non-hydrogen) atoms. The molecule has 0 aliphatic carbocycles. The minimum Gasteiger partial charge on any atom is -0.396 e. The second-order valence-electron chi connectivity index (χ2n) is 4.15. The lowest BCUT2D eigenvalue weighted by Crippen LogP contribution is -2.34. The average Bonchev–Trinajstić information content (AvgIpc) is 2.50. The van der Waals surface area contributed by atoms with Gasteiger partial charge in [-0.05, 0) is 20.3 Å². The van der Waals surface area contributed by atoms with Gasteiger partial charge in [0.15, 0.2) is 12.1 Å². The zero-order valence-electron chi connectivity index (χ0n) is 8.34. The summed E-state index contributed by atoms with van der Waals surface area (Å²) in [6, 6.07) is 0. The molecule has 2 rings (SSSR count). The van der Waals surface area contributed by atoms with Crippen LogP contribution in [0, 0.1) is 0 Å². The molecule has 0 bridgehead atoms. The Bertz CT molecular complexity index is 217. The van der Waals surface area contributed by atoms with Crippen LogP contribution in [0.4, 0.5) is 0 Å². The number of aliphatic hydroxyl groups is 2. The molecule has 0 radical (unpaired) electrons. The molecular weight excluding hydrogens is 188 g/mol. The van der Waals surface area contributed by atoms with Crippen LogP contribution in [-0.4, -0.2) is 47.2 Å². The number of fused-ring (bicyclic) bond motifs is 1. The Hall–Kier alpha value is -0.200. The normalized spacial score (nSPS) is 45.4. The standard InChI is InChI=1S/C9H16O5/c1-9(2)13-7-6(11)5(3-4-10)12-8(7)14-9/h5-8,10-11H,3-4H2,1-2H3/t5-,6+,7+,8+/m0/s1. The first kappa shape index (κ1) is 10.3. The summed E-state index contributed by atoms with van der Waals surface area (Å²) in [5.41, 5.74) is 0. The minimum atomic E-state index is -0.714. The molecule has 2 N–H and O–H groups in total. The Balaban J connectivity index is 2.00. The number of ether oxygens (including phenoxy) is 3. The van der Waals surface area contributed by atoms with Crippen molar-refractivity contribution in [3.05, 3.63) is 0 Å². The summed E-state index contributed by atoms with van der Waals surface area (Å²) < 4.78 is 16.3. The third-order valence-corrected chi connectivity index (χ3v) is 2.53. The van der Waals surface area contributed by atoms with Gasteiger partial charge in [0.1, 0.15) is 12.2 Å². The molecular formula is C9H16O5. The van der Waals surface area contributed by atoms with Crippen molar-refractivity contribution in [3.8, 4) is 0 Å². The third kappa shape index (κ3) is 1.66. The molecule has 0 aromatic carbocycles. The summed E-state index contributed by atoms with van der Waals surface area (Å²) in [5, 5.41) is 18.5. The van der Waals surface area contributed by atoms with Gasteiger partial charge in [0.05, 0.1) is 6.10 Å². The molecule has 0 spiro atoms. The fourth-order valence-electron chi connectivity index (χ4n) is 1.92.